The molecule has 8 nitrogen and oxygen atoms in total. The normalized spacial score (nSPS) is 31.2. The fourth-order valence-corrected chi connectivity index (χ4v) is 1.92. The first-order chi connectivity index (χ1) is 11.2. The van der Waals surface area contributed by atoms with E-state index in [1.54, 1.807) is 0 Å². The van der Waals surface area contributed by atoms with Crippen molar-refractivity contribution in [2.75, 3.05) is 0 Å². The van der Waals surface area contributed by atoms with Crippen LogP contribution in [0, 0.1) is 0 Å². The van der Waals surface area contributed by atoms with Crippen molar-refractivity contribution in [3.63, 3.8) is 0 Å². The average molecular weight is 342 g/mol. The lowest BCUT2D eigenvalue weighted by molar-refractivity contribution is -0.159. The minimum atomic E-state index is -1.20. The highest BCUT2D eigenvalue weighted by atomic mass is 16.6. The predicted octanol–water partition coefficient (Wildman–Crippen LogP) is 0.452. The summed E-state index contributed by atoms with van der Waals surface area (Å²) in [5.74, 6) is -2.55. The van der Waals surface area contributed by atoms with Gasteiger partial charge in [0.05, 0.1) is 12.8 Å². The Balaban J connectivity index is 2.85. The van der Waals surface area contributed by atoms with Crippen LogP contribution in [0.15, 0.2) is 12.2 Å². The fourth-order valence-electron chi connectivity index (χ4n) is 1.92. The summed E-state index contributed by atoms with van der Waals surface area (Å²) in [5, 5.41) is 9.81. The summed E-state index contributed by atoms with van der Waals surface area (Å²) in [6.45, 7) is 4.36. The molecule has 0 saturated heterocycles. The number of esters is 3. The number of aliphatic hydroxyl groups excluding tert-OH is 1. The lowest BCUT2D eigenvalue weighted by Crippen LogP contribution is -2.30. The van der Waals surface area contributed by atoms with E-state index in [0.717, 1.165) is 12.2 Å². The maximum atomic E-state index is 11.8. The number of hydrogen-bond donors (Lipinski definition) is 1. The molecule has 0 fully saturated rings. The number of aliphatic hydroxyl groups is 1. The molecule has 1 heterocycles. The van der Waals surface area contributed by atoms with Crippen LogP contribution in [-0.4, -0.2) is 53.2 Å². The second-order valence-corrected chi connectivity index (χ2v) is 5.59. The Morgan fingerprint density at radius 1 is 0.958 bits per heavy atom. The molecule has 0 unspecified atom stereocenters. The van der Waals surface area contributed by atoms with Gasteiger partial charge >= 0.3 is 17.9 Å². The predicted molar refractivity (Wildman–Crippen MR) is 80.7 cm³/mol. The Kier molecular flexibility index (Phi) is 7.57. The van der Waals surface area contributed by atoms with Crippen LogP contribution in [0.5, 0.6) is 0 Å². The van der Waals surface area contributed by atoms with Crippen molar-refractivity contribution < 1.29 is 38.5 Å². The molecule has 0 saturated carbocycles. The van der Waals surface area contributed by atoms with Gasteiger partial charge in [0.25, 0.3) is 0 Å². The molecular weight excluding hydrogens is 320 g/mol. The number of ether oxygens (including phenoxy) is 3. The molecule has 0 aromatic rings. The standard InChI is InChI=1S/C16H22O8/c1-9-8-16(21)24-11(3)13(18)5-7-15(20)23-10(2)12(17)4-6-14(19)22-9/h4,6,9-12,17H,5,7-8H2,1-3H3/t9-,10+,11+,12-/m1/s1. The number of rotatable bonds is 0. The molecule has 0 aromatic carbocycles. The van der Waals surface area contributed by atoms with Gasteiger partial charge < -0.3 is 19.3 Å². The number of hydrogen-bond acceptors (Lipinski definition) is 8. The van der Waals surface area contributed by atoms with Crippen LogP contribution in [0.2, 0.25) is 0 Å². The molecule has 1 aliphatic rings. The van der Waals surface area contributed by atoms with Crippen LogP contribution in [0.1, 0.15) is 40.0 Å². The summed E-state index contributed by atoms with van der Waals surface area (Å²) in [5.41, 5.74) is 0. The highest BCUT2D eigenvalue weighted by Gasteiger charge is 2.23. The van der Waals surface area contributed by atoms with Crippen LogP contribution in [0.25, 0.3) is 0 Å². The summed E-state index contributed by atoms with van der Waals surface area (Å²) in [6, 6.07) is 0. The molecule has 0 amide bonds. The van der Waals surface area contributed by atoms with Gasteiger partial charge in [0.1, 0.15) is 18.3 Å². The lowest BCUT2D eigenvalue weighted by atomic mass is 10.1. The third kappa shape index (κ3) is 6.91. The maximum absolute atomic E-state index is 11.8. The summed E-state index contributed by atoms with van der Waals surface area (Å²) in [7, 11) is 0. The molecular formula is C16H22O8. The minimum absolute atomic E-state index is 0.142. The molecule has 1 aliphatic heterocycles. The van der Waals surface area contributed by atoms with E-state index in [9.17, 15) is 24.3 Å². The van der Waals surface area contributed by atoms with Gasteiger partial charge in [-0.3, -0.25) is 14.4 Å². The highest BCUT2D eigenvalue weighted by molar-refractivity contribution is 5.88. The Hall–Kier alpha value is -2.22. The zero-order chi connectivity index (χ0) is 18.3. The third-order valence-electron chi connectivity index (χ3n) is 3.34. The number of ketones is 1. The summed E-state index contributed by atoms with van der Waals surface area (Å²) >= 11 is 0. The molecule has 0 spiro atoms. The third-order valence-corrected chi connectivity index (χ3v) is 3.34. The van der Waals surface area contributed by atoms with Crippen molar-refractivity contribution in [3.8, 4) is 0 Å². The van der Waals surface area contributed by atoms with Crippen molar-refractivity contribution >= 4 is 23.7 Å². The molecule has 134 valence electrons. The SMILES string of the molecule is C[C@@H]1CC(=O)O[C@@H](C)C(=O)CCC(=O)O[C@@H](C)[C@H](O)C=CC(=O)O1. The molecule has 0 aliphatic carbocycles. The monoisotopic (exact) mass is 342 g/mol. The largest absolute Gasteiger partial charge is 0.460 e. The summed E-state index contributed by atoms with van der Waals surface area (Å²) in [4.78, 5) is 46.8. The molecule has 24 heavy (non-hydrogen) atoms. The van der Waals surface area contributed by atoms with E-state index in [0.29, 0.717) is 0 Å². The Morgan fingerprint density at radius 3 is 2.29 bits per heavy atom. The number of Topliss-reactive ketones (excluding diaryl/α,β-unsaturated/α-hetero) is 1. The first kappa shape index (κ1) is 19.8. The zero-order valence-corrected chi connectivity index (χ0v) is 13.9. The lowest BCUT2D eigenvalue weighted by Gasteiger charge is -2.18. The topological polar surface area (TPSA) is 116 Å². The summed E-state index contributed by atoms with van der Waals surface area (Å²) < 4.78 is 14.9. The Labute approximate surface area is 139 Å². The van der Waals surface area contributed by atoms with Crippen LogP contribution < -0.4 is 0 Å². The average Bonchev–Trinajstić information content (AvgIpc) is 2.48. The number of carbonyl (C=O) groups excluding carboxylic acids is 4. The molecule has 0 bridgehead atoms. The van der Waals surface area contributed by atoms with Crippen LogP contribution in [-0.2, 0) is 33.4 Å². The van der Waals surface area contributed by atoms with Gasteiger partial charge in [-0.05, 0) is 26.8 Å². The second kappa shape index (κ2) is 9.17. The van der Waals surface area contributed by atoms with E-state index in [1.807, 2.05) is 0 Å². The van der Waals surface area contributed by atoms with E-state index in [2.05, 4.69) is 0 Å². The molecule has 8 heteroatoms. The van der Waals surface area contributed by atoms with E-state index in [1.165, 1.54) is 20.8 Å². The minimum Gasteiger partial charge on any atom is -0.460 e. The number of carbonyl (C=O) groups is 4. The van der Waals surface area contributed by atoms with E-state index in [-0.39, 0.29) is 19.3 Å². The van der Waals surface area contributed by atoms with Crippen molar-refractivity contribution in [3.05, 3.63) is 12.2 Å². The Bertz CT molecular complexity index is 524. The van der Waals surface area contributed by atoms with Crippen molar-refractivity contribution in [2.24, 2.45) is 0 Å². The highest BCUT2D eigenvalue weighted by Crippen LogP contribution is 2.09. The van der Waals surface area contributed by atoms with Gasteiger partial charge in [-0.2, -0.15) is 0 Å². The summed E-state index contributed by atoms with van der Waals surface area (Å²) in [6.07, 6.45) is -2.28. The van der Waals surface area contributed by atoms with Gasteiger partial charge in [0.2, 0.25) is 0 Å². The number of cyclic esters (lactones) is 3. The fraction of sp³-hybridized carbons (Fsp3) is 0.625. The first-order valence-electron chi connectivity index (χ1n) is 7.67. The first-order valence-corrected chi connectivity index (χ1v) is 7.67. The molecule has 1 rings (SSSR count). The molecule has 1 N–H and O–H groups in total. The van der Waals surface area contributed by atoms with Crippen LogP contribution in [0.3, 0.4) is 0 Å². The Morgan fingerprint density at radius 2 is 1.62 bits per heavy atom. The smallest absolute Gasteiger partial charge is 0.330 e. The van der Waals surface area contributed by atoms with Gasteiger partial charge in [0.15, 0.2) is 11.9 Å². The van der Waals surface area contributed by atoms with Gasteiger partial charge in [-0.15, -0.1) is 0 Å². The maximum Gasteiger partial charge on any atom is 0.330 e. The van der Waals surface area contributed by atoms with Gasteiger partial charge in [-0.25, -0.2) is 4.79 Å². The van der Waals surface area contributed by atoms with Gasteiger partial charge in [-0.1, -0.05) is 0 Å². The van der Waals surface area contributed by atoms with Gasteiger partial charge in [0, 0.05) is 12.5 Å². The van der Waals surface area contributed by atoms with Crippen molar-refractivity contribution in [2.45, 2.75) is 64.4 Å². The van der Waals surface area contributed by atoms with Crippen LogP contribution in [0.4, 0.5) is 0 Å². The van der Waals surface area contributed by atoms with E-state index < -0.39 is 48.1 Å². The zero-order valence-electron chi connectivity index (χ0n) is 13.9. The van der Waals surface area contributed by atoms with E-state index >= 15 is 0 Å². The molecule has 0 aromatic heterocycles. The molecule has 0 radical (unpaired) electrons. The van der Waals surface area contributed by atoms with E-state index in [4.69, 9.17) is 14.2 Å². The second-order valence-electron chi connectivity index (χ2n) is 5.59. The van der Waals surface area contributed by atoms with Crippen molar-refractivity contribution in [1.29, 1.82) is 0 Å². The van der Waals surface area contributed by atoms with Crippen molar-refractivity contribution in [1.82, 2.24) is 0 Å². The quantitative estimate of drug-likeness (QED) is 0.498. The van der Waals surface area contributed by atoms with Crippen LogP contribution >= 0.6 is 0 Å². The molecule has 4 atom stereocenters.